The molecule has 2 aliphatic carbocycles. The summed E-state index contributed by atoms with van der Waals surface area (Å²) in [6, 6.07) is 6.26. The number of carbonyl (C=O) groups is 1. The number of methoxy groups -OCH3 is 2. The quantitative estimate of drug-likeness (QED) is 0.843. The molecule has 0 spiro atoms. The average Bonchev–Trinajstić information content (AvgIpc) is 3.15. The first kappa shape index (κ1) is 15.8. The Balaban J connectivity index is 1.54. The first-order chi connectivity index (χ1) is 11.7. The number of benzene rings is 1. The van der Waals surface area contributed by atoms with Crippen molar-refractivity contribution in [3.8, 4) is 11.5 Å². The Morgan fingerprint density at radius 1 is 1.00 bits per heavy atom. The zero-order chi connectivity index (χ0) is 16.7. The van der Waals surface area contributed by atoms with E-state index in [9.17, 15) is 4.79 Å². The van der Waals surface area contributed by atoms with Crippen molar-refractivity contribution < 1.29 is 14.3 Å². The van der Waals surface area contributed by atoms with Crippen LogP contribution >= 0.6 is 0 Å². The number of hydrogen-bond acceptors (Lipinski definition) is 3. The summed E-state index contributed by atoms with van der Waals surface area (Å²) in [6.07, 6.45) is 7.27. The lowest BCUT2D eigenvalue weighted by atomic mass is 10.0. The van der Waals surface area contributed by atoms with Gasteiger partial charge in [0.25, 0.3) is 0 Å². The van der Waals surface area contributed by atoms with Gasteiger partial charge in [0, 0.05) is 12.5 Å². The second-order valence-corrected chi connectivity index (χ2v) is 7.44. The summed E-state index contributed by atoms with van der Waals surface area (Å²) >= 11 is 0. The molecule has 1 aromatic rings. The maximum atomic E-state index is 13.1. The summed E-state index contributed by atoms with van der Waals surface area (Å²) in [4.78, 5) is 15.2. The number of ether oxygens (including phenoxy) is 2. The van der Waals surface area contributed by atoms with Crippen molar-refractivity contribution >= 4 is 5.91 Å². The van der Waals surface area contributed by atoms with Gasteiger partial charge in [-0.05, 0) is 55.2 Å². The highest BCUT2D eigenvalue weighted by Gasteiger charge is 2.56. The Morgan fingerprint density at radius 2 is 1.71 bits per heavy atom. The highest BCUT2D eigenvalue weighted by molar-refractivity contribution is 5.83. The molecule has 1 heterocycles. The minimum Gasteiger partial charge on any atom is -0.493 e. The van der Waals surface area contributed by atoms with E-state index in [1.807, 2.05) is 12.1 Å². The van der Waals surface area contributed by atoms with Crippen molar-refractivity contribution in [2.75, 3.05) is 20.8 Å². The SMILES string of the molecule is COc1ccc([C@@H]2CCCN2C(=O)C2[C@@H]3CCCC[C@@H]23)cc1OC. The number of carbonyl (C=O) groups excluding carboxylic acids is 1. The van der Waals surface area contributed by atoms with E-state index >= 15 is 0 Å². The molecule has 3 fully saturated rings. The number of amides is 1. The molecule has 3 aliphatic rings. The van der Waals surface area contributed by atoms with Crippen LogP contribution in [0.1, 0.15) is 50.1 Å². The topological polar surface area (TPSA) is 38.8 Å². The smallest absolute Gasteiger partial charge is 0.226 e. The van der Waals surface area contributed by atoms with E-state index in [2.05, 4.69) is 11.0 Å². The Hall–Kier alpha value is -1.71. The van der Waals surface area contributed by atoms with Gasteiger partial charge >= 0.3 is 0 Å². The van der Waals surface area contributed by atoms with E-state index in [1.54, 1.807) is 14.2 Å². The van der Waals surface area contributed by atoms with Gasteiger partial charge in [-0.2, -0.15) is 0 Å². The van der Waals surface area contributed by atoms with Crippen LogP contribution in [-0.4, -0.2) is 31.6 Å². The van der Waals surface area contributed by atoms with Gasteiger partial charge in [0.1, 0.15) is 0 Å². The van der Waals surface area contributed by atoms with Crippen LogP contribution in [-0.2, 0) is 4.79 Å². The van der Waals surface area contributed by atoms with Gasteiger partial charge in [-0.25, -0.2) is 0 Å². The second-order valence-electron chi connectivity index (χ2n) is 7.44. The fraction of sp³-hybridized carbons (Fsp3) is 0.650. The maximum Gasteiger partial charge on any atom is 0.226 e. The predicted octanol–water partition coefficient (Wildman–Crippen LogP) is 3.80. The molecule has 0 unspecified atom stereocenters. The van der Waals surface area contributed by atoms with E-state index < -0.39 is 0 Å². The van der Waals surface area contributed by atoms with E-state index in [1.165, 1.54) is 31.2 Å². The molecular weight excluding hydrogens is 302 g/mol. The molecule has 0 aromatic heterocycles. The summed E-state index contributed by atoms with van der Waals surface area (Å²) in [5, 5.41) is 0. The van der Waals surface area contributed by atoms with Gasteiger partial charge in [0.05, 0.1) is 20.3 Å². The van der Waals surface area contributed by atoms with Gasteiger partial charge in [0.2, 0.25) is 5.91 Å². The Bertz CT molecular complexity index is 617. The van der Waals surface area contributed by atoms with Crippen LogP contribution < -0.4 is 9.47 Å². The third kappa shape index (κ3) is 2.56. The van der Waals surface area contributed by atoms with Crippen molar-refractivity contribution in [2.45, 2.75) is 44.6 Å². The molecule has 0 N–H and O–H groups in total. The van der Waals surface area contributed by atoms with Crippen LogP contribution in [0.5, 0.6) is 11.5 Å². The van der Waals surface area contributed by atoms with Crippen molar-refractivity contribution in [3.63, 3.8) is 0 Å². The van der Waals surface area contributed by atoms with Gasteiger partial charge in [-0.15, -0.1) is 0 Å². The average molecular weight is 329 g/mol. The molecule has 3 atom stereocenters. The van der Waals surface area contributed by atoms with Crippen LogP contribution in [0.25, 0.3) is 0 Å². The molecule has 1 amide bonds. The third-order valence-electron chi connectivity index (χ3n) is 6.27. The highest BCUT2D eigenvalue weighted by Crippen LogP contribution is 2.57. The molecule has 4 heteroatoms. The molecule has 0 bridgehead atoms. The molecule has 1 saturated heterocycles. The Kier molecular flexibility index (Phi) is 4.15. The van der Waals surface area contributed by atoms with E-state index in [-0.39, 0.29) is 6.04 Å². The van der Waals surface area contributed by atoms with Crippen LogP contribution in [0, 0.1) is 17.8 Å². The van der Waals surface area contributed by atoms with Crippen molar-refractivity contribution in [3.05, 3.63) is 23.8 Å². The fourth-order valence-electron chi connectivity index (χ4n) is 4.99. The lowest BCUT2D eigenvalue weighted by Gasteiger charge is -2.26. The number of rotatable bonds is 4. The predicted molar refractivity (Wildman–Crippen MR) is 92.2 cm³/mol. The highest BCUT2D eigenvalue weighted by atomic mass is 16.5. The second kappa shape index (κ2) is 6.30. The van der Waals surface area contributed by atoms with Crippen LogP contribution in [0.2, 0.25) is 0 Å². The number of hydrogen-bond donors (Lipinski definition) is 0. The van der Waals surface area contributed by atoms with Crippen molar-refractivity contribution in [1.29, 1.82) is 0 Å². The first-order valence-corrected chi connectivity index (χ1v) is 9.27. The maximum absolute atomic E-state index is 13.1. The molecule has 1 aliphatic heterocycles. The minimum atomic E-state index is 0.194. The molecule has 0 radical (unpaired) electrons. The molecule has 130 valence electrons. The summed E-state index contributed by atoms with van der Waals surface area (Å²) < 4.78 is 10.8. The zero-order valence-electron chi connectivity index (χ0n) is 14.7. The van der Waals surface area contributed by atoms with Crippen LogP contribution in [0.4, 0.5) is 0 Å². The summed E-state index contributed by atoms with van der Waals surface area (Å²) in [7, 11) is 3.31. The number of nitrogens with zero attached hydrogens (tertiary/aromatic N) is 1. The molecule has 1 aromatic carbocycles. The molecule has 4 rings (SSSR count). The standard InChI is InChI=1S/C20H27NO3/c1-23-17-10-9-13(12-18(17)24-2)16-8-5-11-21(16)20(22)19-14-6-3-4-7-15(14)19/h9-10,12,14-16,19H,3-8,11H2,1-2H3/t14-,15-,16+/m1/s1. The molecule has 24 heavy (non-hydrogen) atoms. The van der Waals surface area contributed by atoms with Crippen LogP contribution in [0.3, 0.4) is 0 Å². The number of fused-ring (bicyclic) bond motifs is 1. The zero-order valence-corrected chi connectivity index (χ0v) is 14.7. The van der Waals surface area contributed by atoms with Crippen molar-refractivity contribution in [2.24, 2.45) is 17.8 Å². The largest absolute Gasteiger partial charge is 0.493 e. The van der Waals surface area contributed by atoms with Crippen LogP contribution in [0.15, 0.2) is 18.2 Å². The van der Waals surface area contributed by atoms with Gasteiger partial charge in [0.15, 0.2) is 11.5 Å². The lowest BCUT2D eigenvalue weighted by Crippen LogP contribution is -2.32. The molecular formula is C20H27NO3. The van der Waals surface area contributed by atoms with Gasteiger partial charge in [-0.1, -0.05) is 18.9 Å². The fourth-order valence-corrected chi connectivity index (χ4v) is 4.99. The van der Waals surface area contributed by atoms with Gasteiger partial charge < -0.3 is 14.4 Å². The van der Waals surface area contributed by atoms with Crippen molar-refractivity contribution in [1.82, 2.24) is 4.90 Å². The lowest BCUT2D eigenvalue weighted by molar-refractivity contribution is -0.134. The summed E-state index contributed by atoms with van der Waals surface area (Å²) in [6.45, 7) is 0.897. The van der Waals surface area contributed by atoms with E-state index in [0.29, 0.717) is 23.7 Å². The molecule has 2 saturated carbocycles. The molecule has 4 nitrogen and oxygen atoms in total. The normalized spacial score (nSPS) is 31.5. The minimum absolute atomic E-state index is 0.194. The Morgan fingerprint density at radius 3 is 2.38 bits per heavy atom. The monoisotopic (exact) mass is 329 g/mol. The van der Waals surface area contributed by atoms with E-state index in [0.717, 1.165) is 30.9 Å². The number of likely N-dealkylation sites (tertiary alicyclic amines) is 1. The summed E-state index contributed by atoms with van der Waals surface area (Å²) in [5.74, 6) is 3.56. The first-order valence-electron chi connectivity index (χ1n) is 9.27. The summed E-state index contributed by atoms with van der Waals surface area (Å²) in [5.41, 5.74) is 1.17. The third-order valence-corrected chi connectivity index (χ3v) is 6.27. The Labute approximate surface area is 144 Å². The van der Waals surface area contributed by atoms with Gasteiger partial charge in [-0.3, -0.25) is 4.79 Å². The van der Waals surface area contributed by atoms with E-state index in [4.69, 9.17) is 9.47 Å².